The summed E-state index contributed by atoms with van der Waals surface area (Å²) >= 11 is 0. The molecule has 1 atom stereocenters. The van der Waals surface area contributed by atoms with Crippen molar-refractivity contribution in [1.82, 2.24) is 5.32 Å². The SMILES string of the molecule is CC(=O)NC[C@H]1CN(c2ccc([B]OC(C)(C)C(C)(C)O)c(F)c2)C(=O)O1. The molecule has 1 saturated heterocycles. The van der Waals surface area contributed by atoms with E-state index in [0.29, 0.717) is 5.69 Å². The zero-order chi connectivity index (χ0) is 20.4. The number of rotatable bonds is 7. The standard InChI is InChI=1S/C18H25BFN2O5/c1-11(23)21-9-13-10-22(16(24)26-13)12-6-7-14(15(20)8-12)19-27-18(4,5)17(2,3)25/h6-8,13,25H,9-10H2,1-5H3,(H,21,23)/t13-/m0/s1. The molecule has 1 aromatic rings. The molecule has 1 aromatic carbocycles. The van der Waals surface area contributed by atoms with Crippen LogP contribution in [0.3, 0.4) is 0 Å². The third-order valence-electron chi connectivity index (χ3n) is 4.70. The monoisotopic (exact) mass is 379 g/mol. The van der Waals surface area contributed by atoms with Crippen LogP contribution in [0.5, 0.6) is 0 Å². The van der Waals surface area contributed by atoms with Crippen molar-refractivity contribution >= 4 is 30.6 Å². The van der Waals surface area contributed by atoms with E-state index in [9.17, 15) is 19.1 Å². The van der Waals surface area contributed by atoms with Crippen molar-refractivity contribution in [3.05, 3.63) is 24.0 Å². The van der Waals surface area contributed by atoms with E-state index in [1.54, 1.807) is 33.8 Å². The minimum Gasteiger partial charge on any atom is -0.442 e. The van der Waals surface area contributed by atoms with E-state index in [-0.39, 0.29) is 24.5 Å². The van der Waals surface area contributed by atoms with Gasteiger partial charge < -0.3 is 19.8 Å². The van der Waals surface area contributed by atoms with E-state index in [2.05, 4.69) is 5.32 Å². The number of nitrogens with zero attached hydrogens (tertiary/aromatic N) is 1. The summed E-state index contributed by atoms with van der Waals surface area (Å²) < 4.78 is 25.2. The molecule has 0 aliphatic carbocycles. The Bertz CT molecular complexity index is 720. The normalized spacial score (nSPS) is 17.7. The maximum Gasteiger partial charge on any atom is 0.414 e. The van der Waals surface area contributed by atoms with Crippen molar-refractivity contribution in [1.29, 1.82) is 0 Å². The van der Waals surface area contributed by atoms with Gasteiger partial charge >= 0.3 is 13.6 Å². The van der Waals surface area contributed by atoms with Gasteiger partial charge in [0.2, 0.25) is 5.91 Å². The Kier molecular flexibility index (Phi) is 6.16. The summed E-state index contributed by atoms with van der Waals surface area (Å²) in [5.74, 6) is -0.790. The van der Waals surface area contributed by atoms with E-state index in [1.807, 2.05) is 0 Å². The summed E-state index contributed by atoms with van der Waals surface area (Å²) in [7, 11) is 1.25. The fourth-order valence-electron chi connectivity index (χ4n) is 2.23. The summed E-state index contributed by atoms with van der Waals surface area (Å²) in [6.07, 6.45) is -1.09. The molecule has 2 amide bonds. The molecule has 1 aliphatic rings. The minimum absolute atomic E-state index is 0.193. The molecule has 0 unspecified atom stereocenters. The van der Waals surface area contributed by atoms with Gasteiger partial charge in [-0.2, -0.15) is 0 Å². The molecule has 27 heavy (non-hydrogen) atoms. The van der Waals surface area contributed by atoms with Crippen LogP contribution in [0.1, 0.15) is 34.6 Å². The Hall–Kier alpha value is -2.13. The van der Waals surface area contributed by atoms with Crippen molar-refractivity contribution in [3.8, 4) is 0 Å². The number of hydrogen-bond acceptors (Lipinski definition) is 5. The van der Waals surface area contributed by atoms with Gasteiger partial charge in [0.15, 0.2) is 0 Å². The van der Waals surface area contributed by atoms with Gasteiger partial charge in [0.1, 0.15) is 11.9 Å². The van der Waals surface area contributed by atoms with Gasteiger partial charge in [-0.3, -0.25) is 9.69 Å². The van der Waals surface area contributed by atoms with Gasteiger partial charge in [-0.1, -0.05) is 6.07 Å². The topological polar surface area (TPSA) is 88.1 Å². The highest BCUT2D eigenvalue weighted by Gasteiger charge is 2.36. The maximum absolute atomic E-state index is 14.4. The highest BCUT2D eigenvalue weighted by molar-refractivity contribution is 6.47. The molecule has 1 radical (unpaired) electrons. The second-order valence-corrected chi connectivity index (χ2v) is 7.56. The third kappa shape index (κ3) is 5.20. The van der Waals surface area contributed by atoms with Gasteiger partial charge in [-0.25, -0.2) is 9.18 Å². The number of benzene rings is 1. The van der Waals surface area contributed by atoms with Crippen molar-refractivity contribution in [2.45, 2.75) is 51.9 Å². The Morgan fingerprint density at radius 3 is 2.67 bits per heavy atom. The van der Waals surface area contributed by atoms with Crippen LogP contribution in [0.15, 0.2) is 18.2 Å². The van der Waals surface area contributed by atoms with Crippen molar-refractivity contribution < 1.29 is 28.5 Å². The molecule has 1 aliphatic heterocycles. The van der Waals surface area contributed by atoms with Crippen LogP contribution in [0.4, 0.5) is 14.9 Å². The van der Waals surface area contributed by atoms with Gasteiger partial charge in [0.05, 0.1) is 30.0 Å². The van der Waals surface area contributed by atoms with Crippen molar-refractivity contribution in [2.75, 3.05) is 18.0 Å². The first-order valence-electron chi connectivity index (χ1n) is 8.66. The molecule has 2 rings (SSSR count). The van der Waals surface area contributed by atoms with E-state index in [1.165, 1.54) is 31.4 Å². The van der Waals surface area contributed by atoms with E-state index in [4.69, 9.17) is 9.39 Å². The summed E-state index contributed by atoms with van der Waals surface area (Å²) in [6, 6.07) is 4.28. The van der Waals surface area contributed by atoms with Crippen LogP contribution in [0.25, 0.3) is 0 Å². The predicted molar refractivity (Wildman–Crippen MR) is 99.5 cm³/mol. The second kappa shape index (κ2) is 7.86. The first kappa shape index (κ1) is 21.2. The molecular weight excluding hydrogens is 354 g/mol. The molecule has 9 heteroatoms. The number of anilines is 1. The number of ether oxygens (including phenoxy) is 1. The summed E-state index contributed by atoms with van der Waals surface area (Å²) in [4.78, 5) is 24.3. The lowest BCUT2D eigenvalue weighted by atomic mass is 9.82. The highest BCUT2D eigenvalue weighted by Crippen LogP contribution is 2.25. The number of carbonyl (C=O) groups is 2. The molecule has 0 aromatic heterocycles. The Morgan fingerprint density at radius 1 is 1.44 bits per heavy atom. The molecule has 0 saturated carbocycles. The Labute approximate surface area is 159 Å². The van der Waals surface area contributed by atoms with Crippen LogP contribution < -0.4 is 15.7 Å². The lowest BCUT2D eigenvalue weighted by Crippen LogP contribution is -2.49. The molecule has 2 N–H and O–H groups in total. The van der Waals surface area contributed by atoms with Crippen LogP contribution in [-0.4, -0.2) is 55.0 Å². The number of cyclic esters (lactones) is 1. The zero-order valence-corrected chi connectivity index (χ0v) is 16.2. The van der Waals surface area contributed by atoms with Gasteiger partial charge in [0.25, 0.3) is 0 Å². The van der Waals surface area contributed by atoms with E-state index >= 15 is 0 Å². The molecule has 147 valence electrons. The molecular formula is C18H25BFN2O5. The molecule has 1 heterocycles. The fraction of sp³-hybridized carbons (Fsp3) is 0.556. The fourth-order valence-corrected chi connectivity index (χ4v) is 2.23. The highest BCUT2D eigenvalue weighted by atomic mass is 19.1. The lowest BCUT2D eigenvalue weighted by Gasteiger charge is -2.37. The first-order chi connectivity index (χ1) is 12.4. The number of carbonyl (C=O) groups excluding carboxylic acids is 2. The Morgan fingerprint density at radius 2 is 2.11 bits per heavy atom. The summed E-state index contributed by atoms with van der Waals surface area (Å²) in [5, 5.41) is 12.7. The summed E-state index contributed by atoms with van der Waals surface area (Å²) in [6.45, 7) is 8.40. The van der Waals surface area contributed by atoms with Gasteiger partial charge in [0, 0.05) is 6.92 Å². The molecule has 0 spiro atoms. The number of hydrogen-bond donors (Lipinski definition) is 2. The van der Waals surface area contributed by atoms with E-state index < -0.39 is 29.2 Å². The molecule has 1 fully saturated rings. The van der Waals surface area contributed by atoms with Crippen LogP contribution >= 0.6 is 0 Å². The second-order valence-electron chi connectivity index (χ2n) is 7.56. The predicted octanol–water partition coefficient (Wildman–Crippen LogP) is 1.10. The quantitative estimate of drug-likeness (QED) is 0.693. The number of aliphatic hydroxyl groups is 1. The number of halogens is 1. The Balaban J connectivity index is 2.04. The van der Waals surface area contributed by atoms with Gasteiger partial charge in [-0.05, 0) is 45.3 Å². The van der Waals surface area contributed by atoms with Crippen LogP contribution in [0.2, 0.25) is 0 Å². The third-order valence-corrected chi connectivity index (χ3v) is 4.70. The van der Waals surface area contributed by atoms with Crippen molar-refractivity contribution in [2.24, 2.45) is 0 Å². The van der Waals surface area contributed by atoms with Gasteiger partial charge in [-0.15, -0.1) is 0 Å². The minimum atomic E-state index is -1.12. The number of nitrogens with one attached hydrogen (secondary N) is 1. The average molecular weight is 379 g/mol. The van der Waals surface area contributed by atoms with Crippen LogP contribution in [-0.2, 0) is 14.2 Å². The molecule has 0 bridgehead atoms. The molecule has 7 nitrogen and oxygen atoms in total. The first-order valence-corrected chi connectivity index (χ1v) is 8.66. The van der Waals surface area contributed by atoms with E-state index in [0.717, 1.165) is 0 Å². The largest absolute Gasteiger partial charge is 0.442 e. The summed E-state index contributed by atoms with van der Waals surface area (Å²) in [5.41, 5.74) is -1.50. The average Bonchev–Trinajstić information content (AvgIpc) is 2.91. The maximum atomic E-state index is 14.4. The number of amides is 2. The smallest absolute Gasteiger partial charge is 0.414 e. The van der Waals surface area contributed by atoms with Crippen molar-refractivity contribution in [3.63, 3.8) is 0 Å². The zero-order valence-electron chi connectivity index (χ0n) is 16.2. The van der Waals surface area contributed by atoms with Crippen LogP contribution in [0, 0.1) is 5.82 Å². The lowest BCUT2D eigenvalue weighted by molar-refractivity contribution is -0.119.